The summed E-state index contributed by atoms with van der Waals surface area (Å²) in [5.41, 5.74) is 2.00. The van der Waals surface area contributed by atoms with Crippen molar-refractivity contribution in [3.05, 3.63) is 53.1 Å². The number of benzene rings is 2. The Labute approximate surface area is 198 Å². The van der Waals surface area contributed by atoms with Crippen LogP contribution in [-0.2, 0) is 16.1 Å². The van der Waals surface area contributed by atoms with E-state index in [2.05, 4.69) is 10.6 Å². The fourth-order valence-electron chi connectivity index (χ4n) is 4.15. The molecule has 2 N–H and O–H groups in total. The molecule has 2 aromatic carbocycles. The minimum Gasteiger partial charge on any atom is -0.496 e. The molecule has 0 unspecified atom stereocenters. The minimum absolute atomic E-state index is 0.0506. The Morgan fingerprint density at radius 3 is 2.76 bits per heavy atom. The first kappa shape index (κ1) is 23.4. The molecule has 3 amide bonds. The molecule has 180 valence electrons. The lowest BCUT2D eigenvalue weighted by Gasteiger charge is -2.38. The van der Waals surface area contributed by atoms with Crippen molar-refractivity contribution in [1.82, 2.24) is 15.5 Å². The smallest absolute Gasteiger partial charge is 0.258 e. The van der Waals surface area contributed by atoms with Crippen LogP contribution in [0.4, 0.5) is 0 Å². The fourth-order valence-corrected chi connectivity index (χ4v) is 4.15. The van der Waals surface area contributed by atoms with Gasteiger partial charge in [0.1, 0.15) is 23.4 Å². The molecule has 2 aromatic rings. The highest BCUT2D eigenvalue weighted by atomic mass is 16.5. The molecule has 1 fully saturated rings. The third kappa shape index (κ3) is 5.24. The number of hydrogen-bond acceptors (Lipinski definition) is 6. The monoisotopic (exact) mass is 467 g/mol. The van der Waals surface area contributed by atoms with Crippen molar-refractivity contribution in [2.45, 2.75) is 39.0 Å². The first-order valence-electron chi connectivity index (χ1n) is 11.2. The van der Waals surface area contributed by atoms with E-state index in [4.69, 9.17) is 14.2 Å². The van der Waals surface area contributed by atoms with Crippen LogP contribution in [0.15, 0.2) is 36.4 Å². The molecule has 34 heavy (non-hydrogen) atoms. The zero-order chi connectivity index (χ0) is 24.2. The standard InChI is InChI=1S/C25H29N3O6/c1-15-4-5-17-10-22(15)33-14-24(30)26-12-18-6-7-19(11-23(18)32-3)34-21-8-9-28(16(2)29)13-20(21)27-25(17)31/h4-7,10-11,20-21H,8-9,12-14H2,1-3H3,(H,26,30)(H,27,31)/t20-,21+/m0/s1. The minimum atomic E-state index is -0.416. The summed E-state index contributed by atoms with van der Waals surface area (Å²) in [6.07, 6.45) is 0.221. The fraction of sp³-hybridized carbons (Fsp3) is 0.400. The molecule has 3 aliphatic rings. The van der Waals surface area contributed by atoms with Crippen molar-refractivity contribution in [2.24, 2.45) is 0 Å². The number of likely N-dealkylation sites (tertiary alicyclic amines) is 1. The summed E-state index contributed by atoms with van der Waals surface area (Å²) in [5, 5.41) is 5.85. The number of nitrogens with zero attached hydrogens (tertiary/aromatic N) is 1. The van der Waals surface area contributed by atoms with Gasteiger partial charge in [0.15, 0.2) is 6.61 Å². The quantitative estimate of drug-likeness (QED) is 0.663. The number of hydrogen-bond donors (Lipinski definition) is 2. The summed E-state index contributed by atoms with van der Waals surface area (Å²) in [6, 6.07) is 10.1. The summed E-state index contributed by atoms with van der Waals surface area (Å²) >= 11 is 0. The van der Waals surface area contributed by atoms with Crippen LogP contribution >= 0.6 is 0 Å². The van der Waals surface area contributed by atoms with Crippen LogP contribution in [-0.4, -0.2) is 61.6 Å². The Balaban J connectivity index is 1.69. The van der Waals surface area contributed by atoms with Crippen LogP contribution in [0, 0.1) is 6.92 Å². The van der Waals surface area contributed by atoms with Gasteiger partial charge < -0.3 is 29.7 Å². The lowest BCUT2D eigenvalue weighted by molar-refractivity contribution is -0.131. The second-order valence-electron chi connectivity index (χ2n) is 8.51. The molecule has 1 saturated heterocycles. The van der Waals surface area contributed by atoms with Gasteiger partial charge in [-0.1, -0.05) is 6.07 Å². The number of aryl methyl sites for hydroxylation is 1. The van der Waals surface area contributed by atoms with Gasteiger partial charge in [0.25, 0.3) is 11.8 Å². The van der Waals surface area contributed by atoms with Crippen LogP contribution in [0.25, 0.3) is 0 Å². The van der Waals surface area contributed by atoms with Gasteiger partial charge in [0.05, 0.1) is 13.2 Å². The summed E-state index contributed by atoms with van der Waals surface area (Å²) in [4.78, 5) is 39.2. The van der Waals surface area contributed by atoms with E-state index in [1.807, 2.05) is 13.0 Å². The normalized spacial score (nSPS) is 20.7. The average Bonchev–Trinajstić information content (AvgIpc) is 2.83. The molecule has 3 aliphatic heterocycles. The molecule has 2 atom stereocenters. The van der Waals surface area contributed by atoms with Crippen molar-refractivity contribution in [2.75, 3.05) is 26.8 Å². The maximum Gasteiger partial charge on any atom is 0.258 e. The summed E-state index contributed by atoms with van der Waals surface area (Å²) in [5.74, 6) is 0.956. The summed E-state index contributed by atoms with van der Waals surface area (Å²) < 4.78 is 17.5. The van der Waals surface area contributed by atoms with E-state index in [-0.39, 0.29) is 37.0 Å². The predicted molar refractivity (Wildman–Crippen MR) is 124 cm³/mol. The third-order valence-electron chi connectivity index (χ3n) is 6.14. The summed E-state index contributed by atoms with van der Waals surface area (Å²) in [6.45, 7) is 4.33. The van der Waals surface area contributed by atoms with Crippen LogP contribution in [0.1, 0.15) is 34.8 Å². The Kier molecular flexibility index (Phi) is 6.90. The highest BCUT2D eigenvalue weighted by Crippen LogP contribution is 2.28. The van der Waals surface area contributed by atoms with Crippen molar-refractivity contribution in [3.8, 4) is 17.2 Å². The van der Waals surface area contributed by atoms with Gasteiger partial charge in [-0.15, -0.1) is 0 Å². The second-order valence-corrected chi connectivity index (χ2v) is 8.51. The number of methoxy groups -OCH3 is 1. The van der Waals surface area contributed by atoms with Gasteiger partial charge in [-0.3, -0.25) is 14.4 Å². The van der Waals surface area contributed by atoms with Crippen LogP contribution in [0.5, 0.6) is 17.2 Å². The van der Waals surface area contributed by atoms with Gasteiger partial charge in [-0.25, -0.2) is 0 Å². The zero-order valence-electron chi connectivity index (χ0n) is 19.6. The molecule has 9 heteroatoms. The molecule has 3 heterocycles. The SMILES string of the molecule is COc1cc2ccc1CNC(=O)COc1cc(ccc1C)C(=O)N[C@H]1CN(C(C)=O)CC[C@H]1O2. The van der Waals surface area contributed by atoms with Crippen LogP contribution < -0.4 is 24.8 Å². The number of fused-ring (bicyclic) bond motifs is 7. The van der Waals surface area contributed by atoms with Crippen molar-refractivity contribution < 1.29 is 28.6 Å². The molecule has 0 saturated carbocycles. The number of piperidine rings is 1. The Morgan fingerprint density at radius 2 is 2.00 bits per heavy atom. The topological polar surface area (TPSA) is 106 Å². The molecular weight excluding hydrogens is 438 g/mol. The molecule has 4 bridgehead atoms. The number of nitrogens with one attached hydrogen (secondary N) is 2. The number of ether oxygens (including phenoxy) is 3. The van der Waals surface area contributed by atoms with Crippen molar-refractivity contribution in [1.29, 1.82) is 0 Å². The second kappa shape index (κ2) is 10.0. The van der Waals surface area contributed by atoms with E-state index in [0.717, 1.165) is 11.1 Å². The molecule has 9 nitrogen and oxygen atoms in total. The lowest BCUT2D eigenvalue weighted by Crippen LogP contribution is -2.57. The van der Waals surface area contributed by atoms with Gasteiger partial charge in [0.2, 0.25) is 5.91 Å². The van der Waals surface area contributed by atoms with Crippen LogP contribution in [0.3, 0.4) is 0 Å². The van der Waals surface area contributed by atoms with E-state index in [1.165, 1.54) is 6.92 Å². The Morgan fingerprint density at radius 1 is 1.18 bits per heavy atom. The molecular formula is C25H29N3O6. The molecule has 5 rings (SSSR count). The number of rotatable bonds is 1. The van der Waals surface area contributed by atoms with E-state index in [1.54, 1.807) is 42.3 Å². The van der Waals surface area contributed by atoms with Crippen molar-refractivity contribution in [3.63, 3.8) is 0 Å². The average molecular weight is 468 g/mol. The lowest BCUT2D eigenvalue weighted by atomic mass is 10.0. The van der Waals surface area contributed by atoms with Gasteiger partial charge >= 0.3 is 0 Å². The van der Waals surface area contributed by atoms with E-state index < -0.39 is 6.04 Å². The Hall–Kier alpha value is -3.75. The third-order valence-corrected chi connectivity index (χ3v) is 6.14. The van der Waals surface area contributed by atoms with E-state index in [9.17, 15) is 14.4 Å². The molecule has 0 radical (unpaired) electrons. The first-order chi connectivity index (χ1) is 16.3. The van der Waals surface area contributed by atoms with Gasteiger partial charge in [-0.05, 0) is 36.8 Å². The zero-order valence-corrected chi connectivity index (χ0v) is 19.6. The predicted octanol–water partition coefficient (Wildman–Crippen LogP) is 1.81. The number of carbonyl (C=O) groups is 3. The first-order valence-corrected chi connectivity index (χ1v) is 11.2. The molecule has 0 aliphatic carbocycles. The van der Waals surface area contributed by atoms with E-state index >= 15 is 0 Å². The van der Waals surface area contributed by atoms with E-state index in [0.29, 0.717) is 42.3 Å². The number of amides is 3. The molecule has 0 spiro atoms. The number of carbonyl (C=O) groups excluding carboxylic acids is 3. The van der Waals surface area contributed by atoms with Crippen molar-refractivity contribution >= 4 is 17.7 Å². The highest BCUT2D eigenvalue weighted by molar-refractivity contribution is 5.95. The van der Waals surface area contributed by atoms with Gasteiger partial charge in [0, 0.05) is 50.2 Å². The maximum atomic E-state index is 13.1. The van der Waals surface area contributed by atoms with Gasteiger partial charge in [-0.2, -0.15) is 0 Å². The molecule has 0 aromatic heterocycles. The largest absolute Gasteiger partial charge is 0.496 e. The maximum absolute atomic E-state index is 13.1. The van der Waals surface area contributed by atoms with Crippen LogP contribution in [0.2, 0.25) is 0 Å². The highest BCUT2D eigenvalue weighted by Gasteiger charge is 2.33. The summed E-state index contributed by atoms with van der Waals surface area (Å²) in [7, 11) is 1.56. The Bertz CT molecular complexity index is 1100.